The molecule has 28 heavy (non-hydrogen) atoms. The number of hydrogen-bond acceptors (Lipinski definition) is 3. The summed E-state index contributed by atoms with van der Waals surface area (Å²) in [6, 6.07) is 25.6. The van der Waals surface area contributed by atoms with E-state index in [9.17, 15) is 9.59 Å². The van der Waals surface area contributed by atoms with Crippen molar-refractivity contribution in [1.29, 1.82) is 0 Å². The summed E-state index contributed by atoms with van der Waals surface area (Å²) in [7, 11) is 0. The Hall–Kier alpha value is -3.40. The Labute approximate surface area is 165 Å². The lowest BCUT2D eigenvalue weighted by atomic mass is 10.0. The number of benzene rings is 3. The summed E-state index contributed by atoms with van der Waals surface area (Å²) in [6.45, 7) is 3.64. The molecule has 0 saturated heterocycles. The van der Waals surface area contributed by atoms with Crippen LogP contribution in [0.2, 0.25) is 0 Å². The van der Waals surface area contributed by atoms with Gasteiger partial charge < -0.3 is 10.1 Å². The van der Waals surface area contributed by atoms with Gasteiger partial charge in [0.15, 0.2) is 11.9 Å². The van der Waals surface area contributed by atoms with Crippen molar-refractivity contribution < 1.29 is 14.3 Å². The van der Waals surface area contributed by atoms with Crippen LogP contribution in [0.3, 0.4) is 0 Å². The lowest BCUT2D eigenvalue weighted by Crippen LogP contribution is -2.37. The molecule has 0 aliphatic rings. The first-order valence-electron chi connectivity index (χ1n) is 9.26. The fourth-order valence-electron chi connectivity index (χ4n) is 2.85. The molecule has 4 nitrogen and oxygen atoms in total. The van der Waals surface area contributed by atoms with E-state index in [1.54, 1.807) is 43.3 Å². The van der Waals surface area contributed by atoms with Crippen molar-refractivity contribution in [2.45, 2.75) is 26.0 Å². The van der Waals surface area contributed by atoms with Gasteiger partial charge >= 0.3 is 0 Å². The first-order valence-corrected chi connectivity index (χ1v) is 9.26. The second-order valence-electron chi connectivity index (χ2n) is 6.62. The first-order chi connectivity index (χ1) is 13.5. The van der Waals surface area contributed by atoms with Gasteiger partial charge in [0.2, 0.25) is 0 Å². The van der Waals surface area contributed by atoms with Crippen molar-refractivity contribution in [1.82, 2.24) is 5.32 Å². The van der Waals surface area contributed by atoms with Gasteiger partial charge in [-0.3, -0.25) is 9.59 Å². The summed E-state index contributed by atoms with van der Waals surface area (Å²) in [6.07, 6.45) is -0.651. The third-order valence-electron chi connectivity index (χ3n) is 4.49. The van der Waals surface area contributed by atoms with Crippen molar-refractivity contribution in [2.75, 3.05) is 0 Å². The molecular weight excluding hydrogens is 350 g/mol. The van der Waals surface area contributed by atoms with Crippen molar-refractivity contribution in [3.63, 3.8) is 0 Å². The summed E-state index contributed by atoms with van der Waals surface area (Å²) in [4.78, 5) is 24.8. The number of carbonyl (C=O) groups excluding carboxylic acids is 2. The van der Waals surface area contributed by atoms with Gasteiger partial charge in [-0.05, 0) is 43.7 Å². The van der Waals surface area contributed by atoms with Crippen LogP contribution in [0.25, 0.3) is 0 Å². The third-order valence-corrected chi connectivity index (χ3v) is 4.49. The van der Waals surface area contributed by atoms with Gasteiger partial charge in [-0.1, -0.05) is 60.7 Å². The summed E-state index contributed by atoms with van der Waals surface area (Å²) < 4.78 is 5.73. The van der Waals surface area contributed by atoms with Gasteiger partial charge in [0, 0.05) is 11.1 Å². The molecular formula is C24H23NO3. The SMILES string of the molecule is CC(Oc1ccc(C(=O)c2ccccc2)cc1)C(=O)NC(C)c1ccccc1. The van der Waals surface area contributed by atoms with E-state index in [4.69, 9.17) is 4.74 Å². The van der Waals surface area contributed by atoms with Gasteiger partial charge in [0.1, 0.15) is 5.75 Å². The van der Waals surface area contributed by atoms with Crippen molar-refractivity contribution >= 4 is 11.7 Å². The molecule has 3 rings (SSSR count). The number of rotatable bonds is 7. The highest BCUT2D eigenvalue weighted by molar-refractivity contribution is 6.08. The van der Waals surface area contributed by atoms with Gasteiger partial charge in [0.25, 0.3) is 5.91 Å². The van der Waals surface area contributed by atoms with Crippen LogP contribution in [0, 0.1) is 0 Å². The minimum Gasteiger partial charge on any atom is -0.481 e. The van der Waals surface area contributed by atoms with Crippen LogP contribution < -0.4 is 10.1 Å². The molecule has 4 heteroatoms. The van der Waals surface area contributed by atoms with Gasteiger partial charge in [-0.25, -0.2) is 0 Å². The van der Waals surface area contributed by atoms with E-state index in [2.05, 4.69) is 5.32 Å². The fourth-order valence-corrected chi connectivity index (χ4v) is 2.85. The maximum absolute atomic E-state index is 12.4. The molecule has 142 valence electrons. The summed E-state index contributed by atoms with van der Waals surface area (Å²) in [5, 5.41) is 2.95. The van der Waals surface area contributed by atoms with Crippen LogP contribution in [0.1, 0.15) is 41.4 Å². The molecule has 0 aliphatic heterocycles. The van der Waals surface area contributed by atoms with Gasteiger partial charge in [-0.2, -0.15) is 0 Å². The maximum Gasteiger partial charge on any atom is 0.261 e. The molecule has 0 aliphatic carbocycles. The average molecular weight is 373 g/mol. The predicted octanol–water partition coefficient (Wildman–Crippen LogP) is 4.56. The normalized spacial score (nSPS) is 12.6. The number of amides is 1. The molecule has 0 fully saturated rings. The van der Waals surface area contributed by atoms with E-state index in [1.165, 1.54) is 0 Å². The number of ether oxygens (including phenoxy) is 1. The Morgan fingerprint density at radius 1 is 0.750 bits per heavy atom. The molecule has 2 atom stereocenters. The summed E-state index contributed by atoms with van der Waals surface area (Å²) in [5.74, 6) is 0.301. The molecule has 3 aromatic rings. The fraction of sp³-hybridized carbons (Fsp3) is 0.167. The van der Waals surface area contributed by atoms with E-state index in [1.807, 2.05) is 55.5 Å². The monoisotopic (exact) mass is 373 g/mol. The van der Waals surface area contributed by atoms with Crippen LogP contribution in [0.15, 0.2) is 84.9 Å². The van der Waals surface area contributed by atoms with Crippen LogP contribution in [-0.4, -0.2) is 17.8 Å². The number of ketones is 1. The second kappa shape index (κ2) is 9.00. The van der Waals surface area contributed by atoms with Gasteiger partial charge in [0.05, 0.1) is 6.04 Å². The predicted molar refractivity (Wildman–Crippen MR) is 109 cm³/mol. The zero-order valence-corrected chi connectivity index (χ0v) is 16.0. The molecule has 0 spiro atoms. The van der Waals surface area contributed by atoms with E-state index in [0.717, 1.165) is 5.56 Å². The van der Waals surface area contributed by atoms with Crippen LogP contribution in [0.5, 0.6) is 5.75 Å². The molecule has 1 amide bonds. The molecule has 0 saturated carbocycles. The molecule has 0 heterocycles. The molecule has 0 bridgehead atoms. The first kappa shape index (κ1) is 19.4. The molecule has 1 N–H and O–H groups in total. The van der Waals surface area contributed by atoms with Crippen LogP contribution >= 0.6 is 0 Å². The number of carbonyl (C=O) groups is 2. The summed E-state index contributed by atoms with van der Waals surface area (Å²) in [5.41, 5.74) is 2.25. The zero-order valence-electron chi connectivity index (χ0n) is 16.0. The summed E-state index contributed by atoms with van der Waals surface area (Å²) >= 11 is 0. The van der Waals surface area contributed by atoms with Crippen molar-refractivity contribution in [3.05, 3.63) is 102 Å². The molecule has 2 unspecified atom stereocenters. The Morgan fingerprint density at radius 3 is 1.89 bits per heavy atom. The van der Waals surface area contributed by atoms with E-state index < -0.39 is 6.10 Å². The quantitative estimate of drug-likeness (QED) is 0.618. The standard InChI is InChI=1S/C24H23NO3/c1-17(19-9-5-3-6-10-19)25-24(27)18(2)28-22-15-13-21(14-16-22)23(26)20-11-7-4-8-12-20/h3-18H,1-2H3,(H,25,27). The van der Waals surface area contributed by atoms with Gasteiger partial charge in [-0.15, -0.1) is 0 Å². The Kier molecular flexibility index (Phi) is 6.22. The molecule has 0 radical (unpaired) electrons. The topological polar surface area (TPSA) is 55.4 Å². The number of nitrogens with one attached hydrogen (secondary N) is 1. The highest BCUT2D eigenvalue weighted by Gasteiger charge is 2.18. The Morgan fingerprint density at radius 2 is 1.29 bits per heavy atom. The second-order valence-corrected chi connectivity index (χ2v) is 6.62. The largest absolute Gasteiger partial charge is 0.481 e. The Balaban J connectivity index is 1.59. The minimum absolute atomic E-state index is 0.0466. The minimum atomic E-state index is -0.651. The lowest BCUT2D eigenvalue weighted by Gasteiger charge is -2.19. The van der Waals surface area contributed by atoms with Crippen molar-refractivity contribution in [3.8, 4) is 5.75 Å². The smallest absolute Gasteiger partial charge is 0.261 e. The third kappa shape index (κ3) is 4.86. The number of hydrogen-bond donors (Lipinski definition) is 1. The highest BCUT2D eigenvalue weighted by atomic mass is 16.5. The average Bonchev–Trinajstić information content (AvgIpc) is 2.75. The van der Waals surface area contributed by atoms with Crippen LogP contribution in [-0.2, 0) is 4.79 Å². The van der Waals surface area contributed by atoms with E-state index in [0.29, 0.717) is 16.9 Å². The van der Waals surface area contributed by atoms with Crippen LogP contribution in [0.4, 0.5) is 0 Å². The zero-order chi connectivity index (χ0) is 19.9. The van der Waals surface area contributed by atoms with E-state index >= 15 is 0 Å². The lowest BCUT2D eigenvalue weighted by molar-refractivity contribution is -0.127. The van der Waals surface area contributed by atoms with Crippen molar-refractivity contribution in [2.24, 2.45) is 0 Å². The van der Waals surface area contributed by atoms with E-state index in [-0.39, 0.29) is 17.7 Å². The Bertz CT molecular complexity index is 921. The molecule has 3 aromatic carbocycles. The maximum atomic E-state index is 12.4. The highest BCUT2D eigenvalue weighted by Crippen LogP contribution is 2.17. The molecule has 0 aromatic heterocycles.